The Morgan fingerprint density at radius 3 is 2.85 bits per heavy atom. The lowest BCUT2D eigenvalue weighted by molar-refractivity contribution is -0.120. The zero-order valence-corrected chi connectivity index (χ0v) is 8.20. The number of primary amides is 1. The molecule has 1 saturated heterocycles. The van der Waals surface area contributed by atoms with Crippen LogP contribution in [0.4, 0.5) is 0 Å². The molecule has 4 nitrogen and oxygen atoms in total. The van der Waals surface area contributed by atoms with E-state index in [1.54, 1.807) is 0 Å². The van der Waals surface area contributed by atoms with E-state index in [9.17, 15) is 4.79 Å². The smallest absolute Gasteiger partial charge is 0.234 e. The molecule has 2 atom stereocenters. The van der Waals surface area contributed by atoms with Crippen LogP contribution in [0, 0.1) is 5.92 Å². The molecule has 1 fully saturated rings. The summed E-state index contributed by atoms with van der Waals surface area (Å²) in [5.74, 6) is -0.134. The first kappa shape index (κ1) is 10.5. The van der Waals surface area contributed by atoms with E-state index in [2.05, 4.69) is 11.9 Å². The Balaban J connectivity index is 2.51. The standard InChI is InChI=1S/C9H19N3O/c1-12-5-3-2-4-7(6-12)8(10)9(11)13/h7-8H,2-6,10H2,1H3,(H2,11,13). The number of likely N-dealkylation sites (tertiary alicyclic amines) is 1. The number of carbonyl (C=O) groups is 1. The van der Waals surface area contributed by atoms with Gasteiger partial charge in [0.05, 0.1) is 6.04 Å². The molecule has 0 radical (unpaired) electrons. The normalized spacial score (nSPS) is 28.0. The van der Waals surface area contributed by atoms with Gasteiger partial charge < -0.3 is 16.4 Å². The molecule has 1 aliphatic rings. The van der Waals surface area contributed by atoms with Crippen molar-refractivity contribution < 1.29 is 4.79 Å². The maximum atomic E-state index is 10.9. The molecule has 4 heteroatoms. The van der Waals surface area contributed by atoms with Gasteiger partial charge in [0.25, 0.3) is 0 Å². The maximum Gasteiger partial charge on any atom is 0.234 e. The highest BCUT2D eigenvalue weighted by Gasteiger charge is 2.25. The average Bonchev–Trinajstić information content (AvgIpc) is 2.28. The number of hydrogen-bond acceptors (Lipinski definition) is 3. The second kappa shape index (κ2) is 4.58. The summed E-state index contributed by atoms with van der Waals surface area (Å²) in [5.41, 5.74) is 10.9. The van der Waals surface area contributed by atoms with Crippen LogP contribution >= 0.6 is 0 Å². The van der Waals surface area contributed by atoms with E-state index in [0.29, 0.717) is 0 Å². The molecule has 1 amide bonds. The fourth-order valence-electron chi connectivity index (χ4n) is 1.90. The van der Waals surface area contributed by atoms with Crippen molar-refractivity contribution in [3.05, 3.63) is 0 Å². The summed E-state index contributed by atoms with van der Waals surface area (Å²) < 4.78 is 0. The minimum Gasteiger partial charge on any atom is -0.368 e. The topological polar surface area (TPSA) is 72.3 Å². The summed E-state index contributed by atoms with van der Waals surface area (Å²) in [6.07, 6.45) is 3.36. The van der Waals surface area contributed by atoms with Crippen molar-refractivity contribution in [2.45, 2.75) is 25.3 Å². The fourth-order valence-corrected chi connectivity index (χ4v) is 1.90. The third-order valence-corrected chi connectivity index (χ3v) is 2.75. The molecular weight excluding hydrogens is 166 g/mol. The van der Waals surface area contributed by atoms with Crippen LogP contribution in [0.25, 0.3) is 0 Å². The third kappa shape index (κ3) is 2.97. The predicted octanol–water partition coefficient (Wildman–Crippen LogP) is -0.469. The molecular formula is C9H19N3O. The predicted molar refractivity (Wildman–Crippen MR) is 52.0 cm³/mol. The van der Waals surface area contributed by atoms with Gasteiger partial charge in [-0.1, -0.05) is 6.42 Å². The van der Waals surface area contributed by atoms with Crippen molar-refractivity contribution in [1.82, 2.24) is 4.90 Å². The lowest BCUT2D eigenvalue weighted by Crippen LogP contribution is -2.45. The third-order valence-electron chi connectivity index (χ3n) is 2.75. The van der Waals surface area contributed by atoms with Crippen molar-refractivity contribution in [3.8, 4) is 0 Å². The molecule has 2 unspecified atom stereocenters. The highest BCUT2D eigenvalue weighted by molar-refractivity contribution is 5.79. The van der Waals surface area contributed by atoms with Crippen LogP contribution < -0.4 is 11.5 Å². The molecule has 1 heterocycles. The summed E-state index contributed by atoms with van der Waals surface area (Å²) in [6, 6.07) is -0.472. The molecule has 0 spiro atoms. The van der Waals surface area contributed by atoms with E-state index in [4.69, 9.17) is 11.5 Å². The van der Waals surface area contributed by atoms with Gasteiger partial charge in [0.1, 0.15) is 0 Å². The molecule has 0 aromatic rings. The monoisotopic (exact) mass is 185 g/mol. The first-order valence-electron chi connectivity index (χ1n) is 4.84. The molecule has 0 aliphatic carbocycles. The summed E-state index contributed by atoms with van der Waals surface area (Å²) in [5, 5.41) is 0. The van der Waals surface area contributed by atoms with E-state index in [-0.39, 0.29) is 11.8 Å². The van der Waals surface area contributed by atoms with Crippen molar-refractivity contribution >= 4 is 5.91 Å². The van der Waals surface area contributed by atoms with Gasteiger partial charge >= 0.3 is 0 Å². The van der Waals surface area contributed by atoms with Crippen LogP contribution in [0.3, 0.4) is 0 Å². The van der Waals surface area contributed by atoms with E-state index in [1.807, 2.05) is 0 Å². The summed E-state index contributed by atoms with van der Waals surface area (Å²) in [4.78, 5) is 13.1. The van der Waals surface area contributed by atoms with Gasteiger partial charge in [-0.25, -0.2) is 0 Å². The average molecular weight is 185 g/mol. The number of carbonyl (C=O) groups excluding carboxylic acids is 1. The Labute approximate surface area is 79.3 Å². The fraction of sp³-hybridized carbons (Fsp3) is 0.889. The first-order chi connectivity index (χ1) is 6.11. The molecule has 4 N–H and O–H groups in total. The Bertz CT molecular complexity index is 184. The van der Waals surface area contributed by atoms with Crippen LogP contribution in [0.2, 0.25) is 0 Å². The Morgan fingerprint density at radius 2 is 2.23 bits per heavy atom. The van der Waals surface area contributed by atoms with Crippen molar-refractivity contribution in [3.63, 3.8) is 0 Å². The van der Waals surface area contributed by atoms with E-state index >= 15 is 0 Å². The van der Waals surface area contributed by atoms with Gasteiger partial charge in [-0.2, -0.15) is 0 Å². The molecule has 1 rings (SSSR count). The lowest BCUT2D eigenvalue weighted by atomic mass is 9.95. The molecule has 0 saturated carbocycles. The van der Waals surface area contributed by atoms with E-state index < -0.39 is 6.04 Å². The van der Waals surface area contributed by atoms with Gasteiger partial charge in [-0.15, -0.1) is 0 Å². The summed E-state index contributed by atoms with van der Waals surface area (Å²) in [6.45, 7) is 1.99. The zero-order valence-electron chi connectivity index (χ0n) is 8.20. The van der Waals surface area contributed by atoms with Crippen LogP contribution in [0.15, 0.2) is 0 Å². The zero-order chi connectivity index (χ0) is 9.84. The molecule has 13 heavy (non-hydrogen) atoms. The van der Waals surface area contributed by atoms with Gasteiger partial charge in [-0.3, -0.25) is 4.79 Å². The van der Waals surface area contributed by atoms with E-state index in [0.717, 1.165) is 25.9 Å². The number of nitrogens with two attached hydrogens (primary N) is 2. The Hall–Kier alpha value is -0.610. The second-order valence-electron chi connectivity index (χ2n) is 3.95. The lowest BCUT2D eigenvalue weighted by Gasteiger charge is -2.23. The molecule has 0 aromatic heterocycles. The van der Waals surface area contributed by atoms with Crippen molar-refractivity contribution in [2.24, 2.45) is 17.4 Å². The SMILES string of the molecule is CN1CCCCC(C(N)C(N)=O)C1. The maximum absolute atomic E-state index is 10.9. The van der Waals surface area contributed by atoms with Gasteiger partial charge in [-0.05, 0) is 32.4 Å². The number of rotatable bonds is 2. The van der Waals surface area contributed by atoms with Gasteiger partial charge in [0.2, 0.25) is 5.91 Å². The number of amides is 1. The largest absolute Gasteiger partial charge is 0.368 e. The van der Waals surface area contributed by atoms with Crippen molar-refractivity contribution in [2.75, 3.05) is 20.1 Å². The summed E-state index contributed by atoms with van der Waals surface area (Å²) >= 11 is 0. The van der Waals surface area contributed by atoms with Crippen molar-refractivity contribution in [1.29, 1.82) is 0 Å². The molecule has 0 aromatic carbocycles. The highest BCUT2D eigenvalue weighted by Crippen LogP contribution is 2.17. The molecule has 76 valence electrons. The number of hydrogen-bond donors (Lipinski definition) is 2. The van der Waals surface area contributed by atoms with Crippen LogP contribution in [-0.4, -0.2) is 37.0 Å². The minimum atomic E-state index is -0.472. The molecule has 0 bridgehead atoms. The quantitative estimate of drug-likeness (QED) is 0.611. The minimum absolute atomic E-state index is 0.241. The molecule has 1 aliphatic heterocycles. The van der Waals surface area contributed by atoms with Gasteiger partial charge in [0.15, 0.2) is 0 Å². The highest BCUT2D eigenvalue weighted by atomic mass is 16.1. The van der Waals surface area contributed by atoms with Crippen LogP contribution in [0.1, 0.15) is 19.3 Å². The Morgan fingerprint density at radius 1 is 1.54 bits per heavy atom. The number of nitrogens with zero attached hydrogens (tertiary/aromatic N) is 1. The summed E-state index contributed by atoms with van der Waals surface area (Å²) in [7, 11) is 2.06. The van der Waals surface area contributed by atoms with Crippen LogP contribution in [-0.2, 0) is 4.79 Å². The Kier molecular flexibility index (Phi) is 3.69. The second-order valence-corrected chi connectivity index (χ2v) is 3.95. The van der Waals surface area contributed by atoms with Gasteiger partial charge in [0, 0.05) is 6.54 Å². The van der Waals surface area contributed by atoms with Crippen LogP contribution in [0.5, 0.6) is 0 Å². The first-order valence-corrected chi connectivity index (χ1v) is 4.84. The van der Waals surface area contributed by atoms with E-state index in [1.165, 1.54) is 6.42 Å².